The quantitative estimate of drug-likeness (QED) is 0.656. The van der Waals surface area contributed by atoms with E-state index in [9.17, 15) is 13.6 Å². The van der Waals surface area contributed by atoms with Gasteiger partial charge in [0.2, 0.25) is 0 Å². The number of hydrogen-bond acceptors (Lipinski definition) is 1. The molecule has 1 aromatic rings. The first-order chi connectivity index (χ1) is 11.1. The van der Waals surface area contributed by atoms with Crippen molar-refractivity contribution in [2.24, 2.45) is 0 Å². The van der Waals surface area contributed by atoms with E-state index in [1.807, 2.05) is 18.2 Å². The highest BCUT2D eigenvalue weighted by Crippen LogP contribution is 2.36. The van der Waals surface area contributed by atoms with E-state index in [1.54, 1.807) is 18.2 Å². The average molecular weight is 307 g/mol. The van der Waals surface area contributed by atoms with E-state index in [4.69, 9.17) is 0 Å². The van der Waals surface area contributed by atoms with Gasteiger partial charge in [0.05, 0.1) is 0 Å². The van der Waals surface area contributed by atoms with Crippen LogP contribution in [0.15, 0.2) is 54.6 Å². The SMILES string of the molecule is O=C1Nc2ccc(F)cc2/C1=C\c1cc2cccccc-2c1F. The summed E-state index contributed by atoms with van der Waals surface area (Å²) in [5.74, 6) is -1.19. The van der Waals surface area contributed by atoms with E-state index in [0.717, 1.165) is 5.56 Å². The summed E-state index contributed by atoms with van der Waals surface area (Å²) in [7, 11) is 0. The van der Waals surface area contributed by atoms with Crippen LogP contribution in [0.5, 0.6) is 0 Å². The lowest BCUT2D eigenvalue weighted by molar-refractivity contribution is -0.110. The van der Waals surface area contributed by atoms with Gasteiger partial charge in [0.15, 0.2) is 0 Å². The standard InChI is InChI=1S/C19H11F2NO/c20-13-6-7-17-15(10-13)16(19(23)22-17)9-12-8-11-4-2-1-3-5-14(11)18(12)21/h1-10H,(H,22,23)/b16-9+. The lowest BCUT2D eigenvalue weighted by Crippen LogP contribution is -2.03. The van der Waals surface area contributed by atoms with Gasteiger partial charge in [-0.2, -0.15) is 0 Å². The Kier molecular flexibility index (Phi) is 2.98. The molecule has 4 heteroatoms. The van der Waals surface area contributed by atoms with Gasteiger partial charge in [-0.05, 0) is 35.9 Å². The summed E-state index contributed by atoms with van der Waals surface area (Å²) in [5.41, 5.74) is 2.79. The first kappa shape index (κ1) is 13.6. The third kappa shape index (κ3) is 2.19. The first-order valence-electron chi connectivity index (χ1n) is 7.14. The van der Waals surface area contributed by atoms with Gasteiger partial charge < -0.3 is 5.32 Å². The highest BCUT2D eigenvalue weighted by Gasteiger charge is 2.25. The number of fused-ring (bicyclic) bond motifs is 2. The molecule has 0 unspecified atom stereocenters. The molecule has 4 rings (SSSR count). The average Bonchev–Trinajstić information content (AvgIpc) is 2.87. The summed E-state index contributed by atoms with van der Waals surface area (Å²) in [4.78, 5) is 12.1. The second-order valence-electron chi connectivity index (χ2n) is 5.40. The molecule has 23 heavy (non-hydrogen) atoms. The molecule has 2 aliphatic carbocycles. The summed E-state index contributed by atoms with van der Waals surface area (Å²) in [6.45, 7) is 0. The van der Waals surface area contributed by atoms with Crippen LogP contribution >= 0.6 is 0 Å². The zero-order valence-corrected chi connectivity index (χ0v) is 11.9. The van der Waals surface area contributed by atoms with E-state index in [2.05, 4.69) is 5.32 Å². The fraction of sp³-hybridized carbons (Fsp3) is 0. The number of rotatable bonds is 1. The smallest absolute Gasteiger partial charge is 0.256 e. The summed E-state index contributed by atoms with van der Waals surface area (Å²) < 4.78 is 28.0. The van der Waals surface area contributed by atoms with Crippen LogP contribution in [0, 0.1) is 11.6 Å². The lowest BCUT2D eigenvalue weighted by Gasteiger charge is -1.98. The van der Waals surface area contributed by atoms with E-state index < -0.39 is 5.82 Å². The zero-order valence-electron chi connectivity index (χ0n) is 11.9. The zero-order chi connectivity index (χ0) is 16.0. The topological polar surface area (TPSA) is 29.1 Å². The number of carbonyl (C=O) groups is 1. The third-order valence-corrected chi connectivity index (χ3v) is 3.94. The van der Waals surface area contributed by atoms with Crippen molar-refractivity contribution in [3.05, 3.63) is 77.4 Å². The Balaban J connectivity index is 1.90. The number of anilines is 1. The van der Waals surface area contributed by atoms with Crippen molar-refractivity contribution >= 4 is 23.2 Å². The van der Waals surface area contributed by atoms with Crippen molar-refractivity contribution in [1.82, 2.24) is 0 Å². The number of nitrogens with one attached hydrogen (secondary N) is 1. The summed E-state index contributed by atoms with van der Waals surface area (Å²) in [6, 6.07) is 14.6. The number of benzene rings is 1. The third-order valence-electron chi connectivity index (χ3n) is 3.94. The Hall–Kier alpha value is -3.01. The molecule has 1 aliphatic heterocycles. The van der Waals surface area contributed by atoms with Crippen LogP contribution in [0.2, 0.25) is 0 Å². The van der Waals surface area contributed by atoms with Crippen molar-refractivity contribution in [2.75, 3.05) is 5.32 Å². The van der Waals surface area contributed by atoms with Crippen molar-refractivity contribution in [2.45, 2.75) is 0 Å². The second-order valence-corrected chi connectivity index (χ2v) is 5.40. The molecule has 0 bridgehead atoms. The molecule has 1 aromatic carbocycles. The molecule has 0 radical (unpaired) electrons. The van der Waals surface area contributed by atoms with Crippen molar-refractivity contribution in [1.29, 1.82) is 0 Å². The highest BCUT2D eigenvalue weighted by atomic mass is 19.1. The lowest BCUT2D eigenvalue weighted by atomic mass is 10.0. The fourth-order valence-electron chi connectivity index (χ4n) is 2.84. The summed E-state index contributed by atoms with van der Waals surface area (Å²) in [5, 5.41) is 2.66. The first-order valence-corrected chi connectivity index (χ1v) is 7.14. The van der Waals surface area contributed by atoms with Crippen LogP contribution in [-0.4, -0.2) is 5.91 Å². The number of halogens is 2. The minimum absolute atomic E-state index is 0.262. The van der Waals surface area contributed by atoms with E-state index >= 15 is 0 Å². The molecule has 1 heterocycles. The van der Waals surface area contributed by atoms with Gasteiger partial charge in [-0.15, -0.1) is 0 Å². The van der Waals surface area contributed by atoms with Gasteiger partial charge in [0, 0.05) is 28.0 Å². The maximum Gasteiger partial charge on any atom is 0.256 e. The van der Waals surface area contributed by atoms with Crippen LogP contribution in [0.3, 0.4) is 0 Å². The predicted molar refractivity (Wildman–Crippen MR) is 85.9 cm³/mol. The Morgan fingerprint density at radius 1 is 0.913 bits per heavy atom. The van der Waals surface area contributed by atoms with Crippen molar-refractivity contribution in [3.63, 3.8) is 0 Å². The Morgan fingerprint density at radius 2 is 1.74 bits per heavy atom. The molecule has 0 fully saturated rings. The molecular formula is C19H11F2NO. The predicted octanol–water partition coefficient (Wildman–Crippen LogP) is 4.56. The fourth-order valence-corrected chi connectivity index (χ4v) is 2.84. The number of carbonyl (C=O) groups excluding carboxylic acids is 1. The molecule has 0 atom stereocenters. The van der Waals surface area contributed by atoms with E-state index in [-0.39, 0.29) is 17.3 Å². The highest BCUT2D eigenvalue weighted by molar-refractivity contribution is 6.35. The van der Waals surface area contributed by atoms with Gasteiger partial charge in [-0.3, -0.25) is 4.79 Å². The Bertz CT molecular complexity index is 946. The van der Waals surface area contributed by atoms with Crippen LogP contribution in [-0.2, 0) is 4.79 Å². The van der Waals surface area contributed by atoms with E-state index in [1.165, 1.54) is 24.3 Å². The maximum atomic E-state index is 14.6. The number of amides is 1. The molecule has 0 saturated carbocycles. The molecule has 2 nitrogen and oxygen atoms in total. The van der Waals surface area contributed by atoms with Gasteiger partial charge in [0.25, 0.3) is 5.91 Å². The molecular weight excluding hydrogens is 296 g/mol. The maximum absolute atomic E-state index is 14.6. The second kappa shape index (κ2) is 5.02. The molecule has 3 aliphatic rings. The van der Waals surface area contributed by atoms with Gasteiger partial charge in [-0.1, -0.05) is 30.3 Å². The van der Waals surface area contributed by atoms with Crippen LogP contribution in [0.1, 0.15) is 11.1 Å². The number of hydrogen-bond donors (Lipinski definition) is 1. The minimum Gasteiger partial charge on any atom is -0.321 e. The normalized spacial score (nSPS) is 15.0. The molecule has 1 N–H and O–H groups in total. The molecule has 0 spiro atoms. The summed E-state index contributed by atoms with van der Waals surface area (Å²) >= 11 is 0. The Labute approximate surface area is 131 Å². The van der Waals surface area contributed by atoms with Gasteiger partial charge >= 0.3 is 0 Å². The molecule has 112 valence electrons. The van der Waals surface area contributed by atoms with Crippen LogP contribution in [0.4, 0.5) is 14.5 Å². The molecule has 0 aromatic heterocycles. The van der Waals surface area contributed by atoms with E-state index in [0.29, 0.717) is 22.4 Å². The largest absolute Gasteiger partial charge is 0.321 e. The van der Waals surface area contributed by atoms with Gasteiger partial charge in [-0.25, -0.2) is 8.78 Å². The van der Waals surface area contributed by atoms with Crippen LogP contribution in [0.25, 0.3) is 22.8 Å². The Morgan fingerprint density at radius 3 is 2.61 bits per heavy atom. The monoisotopic (exact) mass is 307 g/mol. The van der Waals surface area contributed by atoms with Crippen LogP contribution < -0.4 is 5.32 Å². The van der Waals surface area contributed by atoms with Gasteiger partial charge in [0.1, 0.15) is 11.6 Å². The van der Waals surface area contributed by atoms with Crippen molar-refractivity contribution < 1.29 is 13.6 Å². The molecule has 1 amide bonds. The van der Waals surface area contributed by atoms with Crippen molar-refractivity contribution in [3.8, 4) is 11.1 Å². The minimum atomic E-state index is -0.439. The summed E-state index contributed by atoms with van der Waals surface area (Å²) in [6.07, 6.45) is 1.47. The molecule has 0 saturated heterocycles.